The van der Waals surface area contributed by atoms with Gasteiger partial charge in [-0.1, -0.05) is 0 Å². The summed E-state index contributed by atoms with van der Waals surface area (Å²) >= 11 is 0. The Balaban J connectivity index is 1.62. The van der Waals surface area contributed by atoms with E-state index in [0.29, 0.717) is 21.4 Å². The van der Waals surface area contributed by atoms with Gasteiger partial charge in [0.1, 0.15) is 23.9 Å². The summed E-state index contributed by atoms with van der Waals surface area (Å²) in [6, 6.07) is -1.42. The minimum atomic E-state index is -5.70. The fraction of sp³-hybridized carbons (Fsp3) is 0.438. The highest BCUT2D eigenvalue weighted by atomic mass is 19.4. The third kappa shape index (κ3) is 2.55. The topological polar surface area (TPSA) is 90.8 Å². The van der Waals surface area contributed by atoms with Crippen molar-refractivity contribution in [1.82, 2.24) is 39.1 Å². The van der Waals surface area contributed by atoms with Crippen molar-refractivity contribution in [3.8, 4) is 11.5 Å². The van der Waals surface area contributed by atoms with Gasteiger partial charge in [0.2, 0.25) is 5.82 Å². The second-order valence-electron chi connectivity index (χ2n) is 7.23. The monoisotopic (exact) mass is 427 g/mol. The van der Waals surface area contributed by atoms with E-state index in [4.69, 9.17) is 0 Å². The molecule has 0 spiro atoms. The van der Waals surface area contributed by atoms with E-state index in [2.05, 4.69) is 30.6 Å². The Morgan fingerprint density at radius 3 is 2.63 bits per heavy atom. The number of rotatable bonds is 2. The molecular weight excluding hydrogens is 413 g/mol. The van der Waals surface area contributed by atoms with Gasteiger partial charge in [0.25, 0.3) is 0 Å². The first-order valence-electron chi connectivity index (χ1n) is 8.90. The van der Waals surface area contributed by atoms with Gasteiger partial charge in [-0.3, -0.25) is 4.68 Å². The Morgan fingerprint density at radius 1 is 1.13 bits per heavy atom. The molecule has 1 aliphatic rings. The van der Waals surface area contributed by atoms with Crippen LogP contribution in [-0.4, -0.2) is 57.3 Å². The van der Waals surface area contributed by atoms with Gasteiger partial charge < -0.3 is 5.32 Å². The van der Waals surface area contributed by atoms with Crippen LogP contribution in [0.3, 0.4) is 0 Å². The van der Waals surface area contributed by atoms with E-state index in [0.717, 1.165) is 0 Å². The summed E-state index contributed by atoms with van der Waals surface area (Å²) in [6.07, 6.45) is -3.18. The van der Waals surface area contributed by atoms with Crippen molar-refractivity contribution in [1.29, 1.82) is 0 Å². The number of halogens is 5. The van der Waals surface area contributed by atoms with Crippen molar-refractivity contribution in [3.05, 3.63) is 18.6 Å². The average Bonchev–Trinajstić information content (AvgIpc) is 3.35. The predicted octanol–water partition coefficient (Wildman–Crippen LogP) is 2.82. The second kappa shape index (κ2) is 5.86. The molecule has 0 unspecified atom stereocenters. The van der Waals surface area contributed by atoms with Crippen LogP contribution in [0.4, 0.5) is 27.8 Å². The van der Waals surface area contributed by atoms with E-state index >= 15 is 0 Å². The highest BCUT2D eigenvalue weighted by Crippen LogP contribution is 2.48. The van der Waals surface area contributed by atoms with Gasteiger partial charge >= 0.3 is 12.1 Å². The molecule has 0 radical (unpaired) electrons. The van der Waals surface area contributed by atoms with E-state index in [9.17, 15) is 22.0 Å². The molecule has 0 aliphatic carbocycles. The molecular formula is C16H14F5N9. The number of anilines is 1. The lowest BCUT2D eigenvalue weighted by atomic mass is 9.99. The number of aromatic nitrogens is 8. The quantitative estimate of drug-likeness (QED) is 0.495. The molecule has 4 aromatic rings. The second-order valence-corrected chi connectivity index (χ2v) is 7.23. The Labute approximate surface area is 164 Å². The first kappa shape index (κ1) is 18.7. The third-order valence-electron chi connectivity index (χ3n) is 5.10. The molecule has 0 saturated carbocycles. The highest BCUT2D eigenvalue weighted by Gasteiger charge is 2.64. The number of nitrogens with one attached hydrogen (secondary N) is 1. The molecule has 0 bridgehead atoms. The van der Waals surface area contributed by atoms with Gasteiger partial charge in [-0.05, 0) is 13.3 Å². The fourth-order valence-corrected chi connectivity index (χ4v) is 3.63. The van der Waals surface area contributed by atoms with Crippen LogP contribution in [0.5, 0.6) is 0 Å². The number of fused-ring (bicyclic) bond motifs is 4. The summed E-state index contributed by atoms with van der Waals surface area (Å²) in [6.45, 7) is 1.53. The standard InChI is InChI=1S/C16H14F5N9/c1-7-3-10(15(17,18)16(19,20)21)30-11(24-7)4-9(26-30)12-25-14-8-5-23-28(2)13(8)22-6-29(14)27-12/h4-7,10,24H,3H2,1-2H3/t7-,10+/m0/s1. The van der Waals surface area contributed by atoms with Gasteiger partial charge in [0.05, 0.1) is 11.6 Å². The molecule has 0 saturated heterocycles. The summed E-state index contributed by atoms with van der Waals surface area (Å²) in [7, 11) is 1.71. The summed E-state index contributed by atoms with van der Waals surface area (Å²) in [5.41, 5.74) is 1.04. The molecule has 158 valence electrons. The van der Waals surface area contributed by atoms with Crippen LogP contribution in [0.15, 0.2) is 18.6 Å². The molecule has 9 nitrogen and oxygen atoms in total. The SMILES string of the molecule is C[C@H]1C[C@H](C(F)(F)C(F)(F)F)n2nc(-c3nc4c5cnn(C)c5ncn4n3)cc2N1. The van der Waals surface area contributed by atoms with E-state index < -0.39 is 30.6 Å². The molecule has 5 heterocycles. The largest absolute Gasteiger partial charge is 0.455 e. The number of aryl methyl sites for hydroxylation is 1. The zero-order chi connectivity index (χ0) is 21.4. The zero-order valence-electron chi connectivity index (χ0n) is 15.6. The van der Waals surface area contributed by atoms with Crippen molar-refractivity contribution in [2.75, 3.05) is 5.32 Å². The first-order valence-corrected chi connectivity index (χ1v) is 8.90. The lowest BCUT2D eigenvalue weighted by Crippen LogP contribution is -2.48. The molecule has 0 aromatic carbocycles. The van der Waals surface area contributed by atoms with Crippen LogP contribution >= 0.6 is 0 Å². The Hall–Kier alpha value is -3.32. The van der Waals surface area contributed by atoms with E-state index in [-0.39, 0.29) is 17.3 Å². The maximum Gasteiger partial charge on any atom is 0.455 e. The molecule has 1 aliphatic heterocycles. The maximum atomic E-state index is 14.2. The fourth-order valence-electron chi connectivity index (χ4n) is 3.63. The van der Waals surface area contributed by atoms with E-state index in [1.807, 2.05) is 0 Å². The molecule has 2 atom stereocenters. The number of hydrogen-bond acceptors (Lipinski definition) is 6. The van der Waals surface area contributed by atoms with Crippen molar-refractivity contribution < 1.29 is 22.0 Å². The summed E-state index contributed by atoms with van der Waals surface area (Å²) < 4.78 is 70.9. The number of hydrogen-bond donors (Lipinski definition) is 1. The van der Waals surface area contributed by atoms with Crippen molar-refractivity contribution in [3.63, 3.8) is 0 Å². The molecule has 0 amide bonds. The van der Waals surface area contributed by atoms with Gasteiger partial charge in [-0.15, -0.1) is 5.10 Å². The Bertz CT molecular complexity index is 1270. The maximum absolute atomic E-state index is 14.2. The van der Waals surface area contributed by atoms with Crippen LogP contribution in [0.25, 0.3) is 28.2 Å². The van der Waals surface area contributed by atoms with E-state index in [1.54, 1.807) is 17.9 Å². The minimum Gasteiger partial charge on any atom is -0.368 e. The smallest absolute Gasteiger partial charge is 0.368 e. The summed E-state index contributed by atoms with van der Waals surface area (Å²) in [5.74, 6) is -4.83. The van der Waals surface area contributed by atoms with Crippen molar-refractivity contribution in [2.24, 2.45) is 7.05 Å². The predicted molar refractivity (Wildman–Crippen MR) is 94.0 cm³/mol. The zero-order valence-corrected chi connectivity index (χ0v) is 15.6. The summed E-state index contributed by atoms with van der Waals surface area (Å²) in [4.78, 5) is 8.59. The molecule has 4 aromatic heterocycles. The summed E-state index contributed by atoms with van der Waals surface area (Å²) in [5, 5.41) is 15.8. The van der Waals surface area contributed by atoms with Crippen LogP contribution in [0.2, 0.25) is 0 Å². The lowest BCUT2D eigenvalue weighted by Gasteiger charge is -2.35. The van der Waals surface area contributed by atoms with Crippen molar-refractivity contribution in [2.45, 2.75) is 37.5 Å². The van der Waals surface area contributed by atoms with Gasteiger partial charge in [0.15, 0.2) is 11.3 Å². The average molecular weight is 427 g/mol. The highest BCUT2D eigenvalue weighted by molar-refractivity contribution is 5.88. The molecule has 0 fully saturated rings. The Morgan fingerprint density at radius 2 is 1.90 bits per heavy atom. The molecule has 1 N–H and O–H groups in total. The molecule has 30 heavy (non-hydrogen) atoms. The third-order valence-corrected chi connectivity index (χ3v) is 5.10. The minimum absolute atomic E-state index is 0.0428. The molecule has 14 heteroatoms. The normalized spacial score (nSPS) is 20.0. The van der Waals surface area contributed by atoms with Crippen LogP contribution in [-0.2, 0) is 7.05 Å². The van der Waals surface area contributed by atoms with Gasteiger partial charge in [-0.25, -0.2) is 19.2 Å². The number of alkyl halides is 5. The number of nitrogens with zero attached hydrogens (tertiary/aromatic N) is 8. The van der Waals surface area contributed by atoms with Crippen LogP contribution in [0.1, 0.15) is 19.4 Å². The lowest BCUT2D eigenvalue weighted by molar-refractivity contribution is -0.301. The van der Waals surface area contributed by atoms with Crippen molar-refractivity contribution >= 4 is 22.5 Å². The molecule has 5 rings (SSSR count). The van der Waals surface area contributed by atoms with Gasteiger partial charge in [-0.2, -0.15) is 32.1 Å². The Kier molecular flexibility index (Phi) is 3.65. The van der Waals surface area contributed by atoms with Gasteiger partial charge in [0, 0.05) is 19.2 Å². The first-order chi connectivity index (χ1) is 14.1. The van der Waals surface area contributed by atoms with E-state index in [1.165, 1.54) is 23.8 Å². The van der Waals surface area contributed by atoms with Crippen LogP contribution in [0, 0.1) is 0 Å². The van der Waals surface area contributed by atoms with Crippen LogP contribution < -0.4 is 5.32 Å².